The van der Waals surface area contributed by atoms with E-state index in [1.54, 1.807) is 0 Å². The van der Waals surface area contributed by atoms with Gasteiger partial charge < -0.3 is 11.1 Å². The summed E-state index contributed by atoms with van der Waals surface area (Å²) in [5.74, 6) is 1.13. The van der Waals surface area contributed by atoms with Crippen molar-refractivity contribution in [1.29, 1.82) is 0 Å². The third kappa shape index (κ3) is 3.67. The van der Waals surface area contributed by atoms with Crippen LogP contribution in [-0.2, 0) is 4.79 Å². The number of aryl methyl sites for hydroxylation is 1. The number of carbonyl (C=O) groups excluding carboxylic acids is 1. The molecule has 0 spiro atoms. The van der Waals surface area contributed by atoms with Crippen LogP contribution in [-0.4, -0.2) is 40.9 Å². The van der Waals surface area contributed by atoms with Gasteiger partial charge in [-0.2, -0.15) is 11.8 Å². The number of carbonyl (C=O) groups is 1. The van der Waals surface area contributed by atoms with Crippen molar-refractivity contribution in [3.8, 4) is 0 Å². The third-order valence-electron chi connectivity index (χ3n) is 3.72. The first kappa shape index (κ1) is 15.2. The number of rotatable bonds is 3. The van der Waals surface area contributed by atoms with E-state index >= 15 is 0 Å². The van der Waals surface area contributed by atoms with Crippen molar-refractivity contribution in [2.45, 2.75) is 32.1 Å². The monoisotopic (exact) mass is 293 g/mol. The lowest BCUT2D eigenvalue weighted by Crippen LogP contribution is -2.47. The lowest BCUT2D eigenvalue weighted by Gasteiger charge is -2.34. The Hall–Kier alpha value is -1.20. The van der Waals surface area contributed by atoms with Crippen LogP contribution in [0.1, 0.15) is 19.4 Å². The molecular weight excluding hydrogens is 270 g/mol. The molecule has 3 N–H and O–H groups in total. The van der Waals surface area contributed by atoms with Crippen molar-refractivity contribution in [3.05, 3.63) is 23.8 Å². The summed E-state index contributed by atoms with van der Waals surface area (Å²) < 4.78 is 0. The second kappa shape index (κ2) is 6.50. The van der Waals surface area contributed by atoms with Gasteiger partial charge in [-0.1, -0.05) is 13.0 Å². The number of hydrogen-bond donors (Lipinski definition) is 2. The Kier molecular flexibility index (Phi) is 4.94. The Labute approximate surface area is 125 Å². The van der Waals surface area contributed by atoms with E-state index in [-0.39, 0.29) is 11.9 Å². The highest BCUT2D eigenvalue weighted by molar-refractivity contribution is 7.99. The van der Waals surface area contributed by atoms with Crippen LogP contribution in [0.25, 0.3) is 0 Å². The Bertz CT molecular complexity index is 492. The van der Waals surface area contributed by atoms with Crippen molar-refractivity contribution in [2.75, 3.05) is 29.9 Å². The van der Waals surface area contributed by atoms with E-state index in [0.29, 0.717) is 10.9 Å². The van der Waals surface area contributed by atoms with Crippen LogP contribution in [0.3, 0.4) is 0 Å². The number of hydrogen-bond acceptors (Lipinski definition) is 4. The van der Waals surface area contributed by atoms with Gasteiger partial charge in [0.1, 0.15) is 0 Å². The first-order valence-electron chi connectivity index (χ1n) is 7.00. The van der Waals surface area contributed by atoms with E-state index in [4.69, 9.17) is 5.73 Å². The number of nitrogens with two attached hydrogens (primary N) is 1. The van der Waals surface area contributed by atoms with Gasteiger partial charge in [-0.3, -0.25) is 9.69 Å². The summed E-state index contributed by atoms with van der Waals surface area (Å²) in [6.45, 7) is 8.09. The zero-order chi connectivity index (χ0) is 14.7. The summed E-state index contributed by atoms with van der Waals surface area (Å²) >= 11 is 1.97. The van der Waals surface area contributed by atoms with Crippen LogP contribution in [0, 0.1) is 6.92 Å². The molecule has 0 aromatic heterocycles. The van der Waals surface area contributed by atoms with Gasteiger partial charge in [0.15, 0.2) is 0 Å². The number of nitrogens with zero attached hydrogens (tertiary/aromatic N) is 1. The minimum Gasteiger partial charge on any atom is -0.399 e. The summed E-state index contributed by atoms with van der Waals surface area (Å²) in [7, 11) is 0. The maximum atomic E-state index is 12.4. The highest BCUT2D eigenvalue weighted by atomic mass is 32.2. The summed E-state index contributed by atoms with van der Waals surface area (Å²) in [6.07, 6.45) is 0. The highest BCUT2D eigenvalue weighted by Gasteiger charge is 2.26. The quantitative estimate of drug-likeness (QED) is 0.840. The van der Waals surface area contributed by atoms with Gasteiger partial charge in [0.25, 0.3) is 0 Å². The van der Waals surface area contributed by atoms with E-state index in [0.717, 1.165) is 30.1 Å². The molecule has 1 saturated heterocycles. The van der Waals surface area contributed by atoms with Gasteiger partial charge in [-0.15, -0.1) is 0 Å². The Morgan fingerprint density at radius 3 is 3.00 bits per heavy atom. The van der Waals surface area contributed by atoms with Gasteiger partial charge in [0.2, 0.25) is 5.91 Å². The van der Waals surface area contributed by atoms with Crippen molar-refractivity contribution < 1.29 is 4.79 Å². The lowest BCUT2D eigenvalue weighted by molar-refractivity contribution is -0.120. The molecule has 4 nitrogen and oxygen atoms in total. The molecule has 20 heavy (non-hydrogen) atoms. The predicted molar refractivity (Wildman–Crippen MR) is 87.2 cm³/mol. The first-order chi connectivity index (χ1) is 9.47. The van der Waals surface area contributed by atoms with Crippen molar-refractivity contribution in [3.63, 3.8) is 0 Å². The van der Waals surface area contributed by atoms with Crippen molar-refractivity contribution >= 4 is 29.0 Å². The molecular formula is C15H23N3OS. The highest BCUT2D eigenvalue weighted by Crippen LogP contribution is 2.21. The average molecular weight is 293 g/mol. The van der Waals surface area contributed by atoms with Gasteiger partial charge in [-0.05, 0) is 31.5 Å². The average Bonchev–Trinajstić information content (AvgIpc) is 2.42. The van der Waals surface area contributed by atoms with E-state index in [2.05, 4.69) is 17.1 Å². The second-order valence-corrected chi connectivity index (χ2v) is 6.96. The molecule has 1 aliphatic rings. The molecule has 0 aliphatic carbocycles. The molecule has 110 valence electrons. The van der Waals surface area contributed by atoms with Gasteiger partial charge in [0, 0.05) is 35.5 Å². The van der Waals surface area contributed by atoms with Gasteiger partial charge >= 0.3 is 0 Å². The zero-order valence-corrected chi connectivity index (χ0v) is 13.2. The number of anilines is 2. The van der Waals surface area contributed by atoms with E-state index in [1.807, 2.05) is 43.8 Å². The lowest BCUT2D eigenvalue weighted by atomic mass is 10.1. The summed E-state index contributed by atoms with van der Waals surface area (Å²) in [5, 5.41) is 3.59. The Morgan fingerprint density at radius 2 is 2.30 bits per heavy atom. The predicted octanol–water partition coefficient (Wildman–Crippen LogP) is 2.34. The smallest absolute Gasteiger partial charge is 0.241 e. The van der Waals surface area contributed by atoms with Crippen LogP contribution in [0.5, 0.6) is 0 Å². The second-order valence-electron chi connectivity index (χ2n) is 5.42. The molecule has 5 heteroatoms. The van der Waals surface area contributed by atoms with Crippen LogP contribution >= 0.6 is 11.8 Å². The summed E-state index contributed by atoms with van der Waals surface area (Å²) in [5.41, 5.74) is 8.28. The summed E-state index contributed by atoms with van der Waals surface area (Å²) in [6, 6.07) is 5.47. The molecule has 2 unspecified atom stereocenters. The number of thioether (sulfide) groups is 1. The largest absolute Gasteiger partial charge is 0.399 e. The van der Waals surface area contributed by atoms with Crippen LogP contribution in [0.15, 0.2) is 18.2 Å². The normalized spacial score (nSPS) is 21.4. The molecule has 2 rings (SSSR count). The maximum absolute atomic E-state index is 12.4. The number of amides is 1. The van der Waals surface area contributed by atoms with Crippen molar-refractivity contribution in [1.82, 2.24) is 4.90 Å². The SMILES string of the molecule is Cc1ccc(N)cc1NC(=O)C(C)N1CCSC(C)C1. The number of nitrogens with one attached hydrogen (secondary N) is 1. The van der Waals surface area contributed by atoms with Crippen LogP contribution in [0.4, 0.5) is 11.4 Å². The fraction of sp³-hybridized carbons (Fsp3) is 0.533. The van der Waals surface area contributed by atoms with Gasteiger partial charge in [0.05, 0.1) is 6.04 Å². The molecule has 1 aromatic rings. The molecule has 0 radical (unpaired) electrons. The van der Waals surface area contributed by atoms with E-state index in [1.165, 1.54) is 0 Å². The molecule has 1 heterocycles. The molecule has 1 fully saturated rings. The Morgan fingerprint density at radius 1 is 1.55 bits per heavy atom. The maximum Gasteiger partial charge on any atom is 0.241 e. The number of benzene rings is 1. The van der Waals surface area contributed by atoms with E-state index in [9.17, 15) is 4.79 Å². The summed E-state index contributed by atoms with van der Waals surface area (Å²) in [4.78, 5) is 14.6. The zero-order valence-electron chi connectivity index (χ0n) is 12.3. The van der Waals surface area contributed by atoms with Crippen LogP contribution in [0.2, 0.25) is 0 Å². The van der Waals surface area contributed by atoms with Crippen molar-refractivity contribution in [2.24, 2.45) is 0 Å². The minimum atomic E-state index is -0.112. The molecule has 0 saturated carbocycles. The molecule has 1 aliphatic heterocycles. The fourth-order valence-electron chi connectivity index (χ4n) is 2.37. The first-order valence-corrected chi connectivity index (χ1v) is 8.05. The molecule has 0 bridgehead atoms. The van der Waals surface area contributed by atoms with E-state index < -0.39 is 0 Å². The minimum absolute atomic E-state index is 0.0396. The molecule has 1 amide bonds. The Balaban J connectivity index is 2.02. The standard InChI is InChI=1S/C15H23N3OS/c1-10-4-5-13(16)8-14(10)17-15(19)12(3)18-6-7-20-11(2)9-18/h4-5,8,11-12H,6-7,9,16H2,1-3H3,(H,17,19). The molecule has 1 aromatic carbocycles. The number of nitrogen functional groups attached to an aromatic ring is 1. The van der Waals surface area contributed by atoms with Gasteiger partial charge in [-0.25, -0.2) is 0 Å². The third-order valence-corrected chi connectivity index (χ3v) is 4.86. The molecule has 2 atom stereocenters. The fourth-order valence-corrected chi connectivity index (χ4v) is 3.41. The van der Waals surface area contributed by atoms with Crippen LogP contribution < -0.4 is 11.1 Å². The topological polar surface area (TPSA) is 58.4 Å².